The molecule has 0 saturated carbocycles. The third-order valence-electron chi connectivity index (χ3n) is 2.13. The van der Waals surface area contributed by atoms with Gasteiger partial charge in [0.1, 0.15) is 17.5 Å². The third kappa shape index (κ3) is 2.89. The van der Waals surface area contributed by atoms with E-state index in [0.29, 0.717) is 5.56 Å². The van der Waals surface area contributed by atoms with Gasteiger partial charge in [-0.3, -0.25) is 9.59 Å². The predicted molar refractivity (Wildman–Crippen MR) is 56.5 cm³/mol. The number of esters is 1. The van der Waals surface area contributed by atoms with Gasteiger partial charge in [-0.05, 0) is 31.5 Å². The Kier molecular flexibility index (Phi) is 4.17. The first-order valence-electron chi connectivity index (χ1n) is 4.98. The number of ether oxygens (including phenoxy) is 1. The summed E-state index contributed by atoms with van der Waals surface area (Å²) < 4.78 is 17.5. The van der Waals surface area contributed by atoms with Crippen LogP contribution in [0.4, 0.5) is 4.39 Å². The Morgan fingerprint density at radius 2 is 1.88 bits per heavy atom. The summed E-state index contributed by atoms with van der Waals surface area (Å²) in [5, 5.41) is 0. The van der Waals surface area contributed by atoms with Crippen molar-refractivity contribution >= 4 is 11.8 Å². The number of hydrogen-bond donors (Lipinski definition) is 0. The lowest BCUT2D eigenvalue weighted by atomic mass is 9.95. The van der Waals surface area contributed by atoms with E-state index in [-0.39, 0.29) is 12.4 Å². The molecule has 1 atom stereocenters. The molecular formula is C12H13FO3. The van der Waals surface area contributed by atoms with Crippen molar-refractivity contribution in [3.63, 3.8) is 0 Å². The highest BCUT2D eigenvalue weighted by Gasteiger charge is 2.26. The zero-order valence-electron chi connectivity index (χ0n) is 9.20. The zero-order chi connectivity index (χ0) is 12.1. The first-order valence-corrected chi connectivity index (χ1v) is 4.98. The largest absolute Gasteiger partial charge is 0.465 e. The van der Waals surface area contributed by atoms with Crippen molar-refractivity contribution in [1.82, 2.24) is 0 Å². The molecule has 16 heavy (non-hydrogen) atoms. The quantitative estimate of drug-likeness (QED) is 0.580. The molecule has 4 heteroatoms. The van der Waals surface area contributed by atoms with E-state index in [4.69, 9.17) is 4.74 Å². The van der Waals surface area contributed by atoms with Crippen LogP contribution in [0, 0.1) is 5.82 Å². The van der Waals surface area contributed by atoms with Gasteiger partial charge >= 0.3 is 5.97 Å². The number of carbonyl (C=O) groups excluding carboxylic acids is 2. The monoisotopic (exact) mass is 224 g/mol. The van der Waals surface area contributed by atoms with Gasteiger partial charge in [0, 0.05) is 0 Å². The van der Waals surface area contributed by atoms with Gasteiger partial charge in [-0.2, -0.15) is 0 Å². The predicted octanol–water partition coefficient (Wildman–Crippen LogP) is 2.06. The van der Waals surface area contributed by atoms with Crippen LogP contribution in [0.1, 0.15) is 25.3 Å². The zero-order valence-corrected chi connectivity index (χ0v) is 9.20. The average Bonchev–Trinajstić information content (AvgIpc) is 2.21. The summed E-state index contributed by atoms with van der Waals surface area (Å²) in [4.78, 5) is 22.9. The Balaban J connectivity index is 2.98. The van der Waals surface area contributed by atoms with Crippen molar-refractivity contribution < 1.29 is 18.7 Å². The van der Waals surface area contributed by atoms with Crippen LogP contribution in [0.2, 0.25) is 0 Å². The van der Waals surface area contributed by atoms with Crippen molar-refractivity contribution in [1.29, 1.82) is 0 Å². The number of hydrogen-bond acceptors (Lipinski definition) is 3. The molecule has 0 aliphatic rings. The van der Waals surface area contributed by atoms with Crippen LogP contribution < -0.4 is 0 Å². The summed E-state index contributed by atoms with van der Waals surface area (Å²) in [7, 11) is 0. The molecule has 3 nitrogen and oxygen atoms in total. The molecule has 0 heterocycles. The summed E-state index contributed by atoms with van der Waals surface area (Å²) in [6, 6.07) is 5.26. The topological polar surface area (TPSA) is 43.4 Å². The molecule has 1 unspecified atom stereocenters. The van der Waals surface area contributed by atoms with E-state index in [1.54, 1.807) is 6.92 Å². The summed E-state index contributed by atoms with van der Waals surface area (Å²) >= 11 is 0. The van der Waals surface area contributed by atoms with Crippen LogP contribution in [0.5, 0.6) is 0 Å². The first kappa shape index (κ1) is 12.4. The molecule has 0 aliphatic heterocycles. The third-order valence-corrected chi connectivity index (χ3v) is 2.13. The molecule has 0 aromatic heterocycles. The van der Waals surface area contributed by atoms with Gasteiger partial charge < -0.3 is 4.74 Å². The van der Waals surface area contributed by atoms with Crippen LogP contribution in [-0.2, 0) is 14.3 Å². The second-order valence-corrected chi connectivity index (χ2v) is 3.35. The van der Waals surface area contributed by atoms with Crippen LogP contribution in [0.25, 0.3) is 0 Å². The maximum Gasteiger partial charge on any atom is 0.320 e. The van der Waals surface area contributed by atoms with Crippen LogP contribution >= 0.6 is 0 Å². The minimum atomic E-state index is -0.958. The number of halogens is 1. The van der Waals surface area contributed by atoms with Gasteiger partial charge in [-0.15, -0.1) is 0 Å². The highest BCUT2D eigenvalue weighted by atomic mass is 19.1. The lowest BCUT2D eigenvalue weighted by Crippen LogP contribution is -2.22. The smallest absolute Gasteiger partial charge is 0.320 e. The molecule has 0 bridgehead atoms. The van der Waals surface area contributed by atoms with Crippen molar-refractivity contribution in [2.45, 2.75) is 19.8 Å². The van der Waals surface area contributed by atoms with Crippen molar-refractivity contribution in [2.24, 2.45) is 0 Å². The van der Waals surface area contributed by atoms with E-state index < -0.39 is 17.7 Å². The molecule has 1 rings (SSSR count). The molecule has 0 radical (unpaired) electrons. The summed E-state index contributed by atoms with van der Waals surface area (Å²) in [6.45, 7) is 3.19. The maximum absolute atomic E-state index is 12.7. The van der Waals surface area contributed by atoms with E-state index in [1.165, 1.54) is 31.2 Å². The molecule has 0 saturated heterocycles. The van der Waals surface area contributed by atoms with Gasteiger partial charge in [0.05, 0.1) is 6.61 Å². The van der Waals surface area contributed by atoms with Crippen LogP contribution in [0.3, 0.4) is 0 Å². The fourth-order valence-electron chi connectivity index (χ4n) is 1.42. The molecule has 0 fully saturated rings. The Morgan fingerprint density at radius 3 is 2.31 bits per heavy atom. The maximum atomic E-state index is 12.7. The summed E-state index contributed by atoms with van der Waals surface area (Å²) in [5.74, 6) is -2.28. The number of Topliss-reactive ketones (excluding diaryl/α,β-unsaturated/α-hetero) is 1. The molecule has 0 N–H and O–H groups in total. The number of carbonyl (C=O) groups is 2. The second kappa shape index (κ2) is 5.39. The Bertz CT molecular complexity index is 384. The second-order valence-electron chi connectivity index (χ2n) is 3.35. The molecule has 1 aromatic rings. The SMILES string of the molecule is CCOC(=O)C(C(C)=O)c1ccc(F)cc1. The number of ketones is 1. The molecule has 86 valence electrons. The molecule has 0 aliphatic carbocycles. The van der Waals surface area contributed by atoms with Gasteiger partial charge in [-0.25, -0.2) is 4.39 Å². The van der Waals surface area contributed by atoms with E-state index >= 15 is 0 Å². The lowest BCUT2D eigenvalue weighted by molar-refractivity contribution is -0.147. The fraction of sp³-hybridized carbons (Fsp3) is 0.333. The van der Waals surface area contributed by atoms with Crippen LogP contribution in [0.15, 0.2) is 24.3 Å². The minimum absolute atomic E-state index is 0.212. The fourth-order valence-corrected chi connectivity index (χ4v) is 1.42. The van der Waals surface area contributed by atoms with Gasteiger partial charge in [0.2, 0.25) is 0 Å². The van der Waals surface area contributed by atoms with Crippen molar-refractivity contribution in [3.8, 4) is 0 Å². The molecular weight excluding hydrogens is 211 g/mol. The Morgan fingerprint density at radius 1 is 1.31 bits per heavy atom. The van der Waals surface area contributed by atoms with Crippen molar-refractivity contribution in [2.75, 3.05) is 6.61 Å². The van der Waals surface area contributed by atoms with Gasteiger partial charge in [0.25, 0.3) is 0 Å². The molecule has 0 amide bonds. The van der Waals surface area contributed by atoms with E-state index in [2.05, 4.69) is 0 Å². The minimum Gasteiger partial charge on any atom is -0.465 e. The highest BCUT2D eigenvalue weighted by molar-refractivity contribution is 6.03. The van der Waals surface area contributed by atoms with E-state index in [1.807, 2.05) is 0 Å². The molecule has 1 aromatic carbocycles. The highest BCUT2D eigenvalue weighted by Crippen LogP contribution is 2.19. The standard InChI is InChI=1S/C12H13FO3/c1-3-16-12(15)11(8(2)14)9-4-6-10(13)7-5-9/h4-7,11H,3H2,1-2H3. The first-order chi connectivity index (χ1) is 7.56. The van der Waals surface area contributed by atoms with Gasteiger partial charge in [-0.1, -0.05) is 12.1 Å². The van der Waals surface area contributed by atoms with E-state index in [9.17, 15) is 14.0 Å². The van der Waals surface area contributed by atoms with E-state index in [0.717, 1.165) is 0 Å². The van der Waals surface area contributed by atoms with Gasteiger partial charge in [0.15, 0.2) is 0 Å². The Hall–Kier alpha value is -1.71. The van der Waals surface area contributed by atoms with Crippen molar-refractivity contribution in [3.05, 3.63) is 35.6 Å². The molecule has 0 spiro atoms. The Labute approximate surface area is 93.2 Å². The normalized spacial score (nSPS) is 11.9. The van der Waals surface area contributed by atoms with Crippen LogP contribution in [-0.4, -0.2) is 18.4 Å². The lowest BCUT2D eigenvalue weighted by Gasteiger charge is -2.12. The summed E-state index contributed by atoms with van der Waals surface area (Å²) in [6.07, 6.45) is 0. The average molecular weight is 224 g/mol. The number of rotatable bonds is 4. The number of benzene rings is 1. The summed E-state index contributed by atoms with van der Waals surface area (Å²) in [5.41, 5.74) is 0.451.